The number of hydrogen-bond acceptors (Lipinski definition) is 5. The van der Waals surface area contributed by atoms with Crippen molar-refractivity contribution in [3.63, 3.8) is 0 Å². The normalized spacial score (nSPS) is 11.5. The molecule has 7 nitrogen and oxygen atoms in total. The molecule has 2 aromatic rings. The molecule has 0 saturated heterocycles. The molecule has 0 aliphatic heterocycles. The first-order valence-corrected chi connectivity index (χ1v) is 6.84. The van der Waals surface area contributed by atoms with Crippen LogP contribution in [0.4, 0.5) is 4.39 Å². The first kappa shape index (κ1) is 13.4. The van der Waals surface area contributed by atoms with Gasteiger partial charge in [0.2, 0.25) is 0 Å². The summed E-state index contributed by atoms with van der Waals surface area (Å²) in [5.41, 5.74) is 0.572. The van der Waals surface area contributed by atoms with Gasteiger partial charge in [-0.05, 0) is 5.10 Å². The van der Waals surface area contributed by atoms with Gasteiger partial charge in [0, 0.05) is 11.6 Å². The Hall–Kier alpha value is -2.00. The number of nitrogens with zero attached hydrogens (tertiary/aromatic N) is 4. The van der Waals surface area contributed by atoms with Crippen LogP contribution in [0.3, 0.4) is 0 Å². The maximum absolute atomic E-state index is 12.7. The molecule has 0 saturated carbocycles. The Bertz CT molecular complexity index is 658. The maximum atomic E-state index is 12.7. The summed E-state index contributed by atoms with van der Waals surface area (Å²) in [6.07, 6.45) is 5.04. The van der Waals surface area contributed by atoms with Crippen LogP contribution in [0.2, 0.25) is 0 Å². The van der Waals surface area contributed by atoms with E-state index in [2.05, 4.69) is 15.1 Å². The van der Waals surface area contributed by atoms with Gasteiger partial charge in [-0.25, -0.2) is 14.4 Å². The molecule has 100 valence electrons. The molecule has 0 fully saturated rings. The third kappa shape index (κ3) is 4.00. The second kappa shape index (κ2) is 5.33. The van der Waals surface area contributed by atoms with E-state index in [1.807, 2.05) is 0 Å². The Balaban J connectivity index is 2.12. The molecule has 2 aromatic heterocycles. The van der Waals surface area contributed by atoms with E-state index in [0.717, 1.165) is 12.4 Å². The fraction of sp³-hybridized carbons (Fsp3) is 0.200. The molecule has 2 heterocycles. The van der Waals surface area contributed by atoms with Crippen molar-refractivity contribution in [2.45, 2.75) is 6.54 Å². The summed E-state index contributed by atoms with van der Waals surface area (Å²) in [6, 6.07) is 1.62. The molecule has 0 aliphatic carbocycles. The van der Waals surface area contributed by atoms with E-state index in [9.17, 15) is 12.8 Å². The molecule has 0 amide bonds. The van der Waals surface area contributed by atoms with Crippen LogP contribution in [-0.4, -0.2) is 33.8 Å². The van der Waals surface area contributed by atoms with Crippen LogP contribution in [0.5, 0.6) is 0 Å². The standard InChI is InChI=1S/C10H9FN4O3S/c11-9-6-12-10(13-7-9)8-1-2-15(14-5-8)3-4-19(16,17)18/h1-2,5-7H,3-4H2/p+1. The number of hydrogen-bond donors (Lipinski definition) is 1. The zero-order valence-corrected chi connectivity index (χ0v) is 10.5. The molecule has 0 bridgehead atoms. The van der Waals surface area contributed by atoms with Crippen LogP contribution in [0.25, 0.3) is 11.4 Å². The van der Waals surface area contributed by atoms with Crippen molar-refractivity contribution in [1.82, 2.24) is 15.1 Å². The SMILES string of the molecule is O=S(=O)(O)CC[n+]1ccc(-c2ncc(F)cn2)cn1. The van der Waals surface area contributed by atoms with E-state index in [4.69, 9.17) is 4.55 Å². The smallest absolute Gasteiger partial charge is 0.271 e. The number of aryl methyl sites for hydroxylation is 1. The van der Waals surface area contributed by atoms with Crippen LogP contribution in [-0.2, 0) is 16.7 Å². The molecular formula is C10H10FN4O3S+. The number of rotatable bonds is 4. The van der Waals surface area contributed by atoms with Gasteiger partial charge in [-0.1, -0.05) is 4.68 Å². The lowest BCUT2D eigenvalue weighted by Crippen LogP contribution is -2.40. The van der Waals surface area contributed by atoms with Gasteiger partial charge < -0.3 is 0 Å². The summed E-state index contributed by atoms with van der Waals surface area (Å²) in [6.45, 7) is 0.0311. The van der Waals surface area contributed by atoms with Crippen molar-refractivity contribution in [1.29, 1.82) is 0 Å². The van der Waals surface area contributed by atoms with Gasteiger partial charge >= 0.3 is 0 Å². The lowest BCUT2D eigenvalue weighted by molar-refractivity contribution is -0.750. The quantitative estimate of drug-likeness (QED) is 0.620. The highest BCUT2D eigenvalue weighted by Gasteiger charge is 2.11. The molecule has 0 spiro atoms. The minimum atomic E-state index is -4.02. The molecule has 0 aromatic carbocycles. The van der Waals surface area contributed by atoms with Gasteiger partial charge in [-0.3, -0.25) is 4.55 Å². The van der Waals surface area contributed by atoms with Crippen molar-refractivity contribution in [3.05, 3.63) is 36.7 Å². The van der Waals surface area contributed by atoms with Gasteiger partial charge in [0.25, 0.3) is 10.1 Å². The largest absolute Gasteiger partial charge is 0.285 e. The van der Waals surface area contributed by atoms with E-state index in [1.165, 1.54) is 17.1 Å². The first-order valence-electron chi connectivity index (χ1n) is 5.23. The fourth-order valence-electron chi connectivity index (χ4n) is 1.32. The van der Waals surface area contributed by atoms with Crippen LogP contribution in [0, 0.1) is 5.82 Å². The Kier molecular flexibility index (Phi) is 3.76. The summed E-state index contributed by atoms with van der Waals surface area (Å²) in [4.78, 5) is 7.58. The third-order valence-electron chi connectivity index (χ3n) is 2.23. The van der Waals surface area contributed by atoms with E-state index in [1.54, 1.807) is 6.07 Å². The van der Waals surface area contributed by atoms with Crippen molar-refractivity contribution in [3.8, 4) is 11.4 Å². The Morgan fingerprint density at radius 3 is 2.47 bits per heavy atom. The highest BCUT2D eigenvalue weighted by molar-refractivity contribution is 7.85. The molecule has 9 heteroatoms. The average Bonchev–Trinajstić information content (AvgIpc) is 2.37. The summed E-state index contributed by atoms with van der Waals surface area (Å²) < 4.78 is 43.8. The molecule has 2 rings (SSSR count). The summed E-state index contributed by atoms with van der Waals surface area (Å²) >= 11 is 0. The molecule has 1 N–H and O–H groups in total. The molecule has 19 heavy (non-hydrogen) atoms. The van der Waals surface area contributed by atoms with Gasteiger partial charge in [0.05, 0.1) is 12.4 Å². The summed E-state index contributed by atoms with van der Waals surface area (Å²) in [5.74, 6) is -0.636. The van der Waals surface area contributed by atoms with Crippen LogP contribution in [0.15, 0.2) is 30.9 Å². The predicted molar refractivity (Wildman–Crippen MR) is 61.8 cm³/mol. The highest BCUT2D eigenvalue weighted by atomic mass is 32.2. The molecule has 0 radical (unpaired) electrons. The lowest BCUT2D eigenvalue weighted by atomic mass is 10.3. The van der Waals surface area contributed by atoms with Crippen LogP contribution in [0.1, 0.15) is 0 Å². The third-order valence-corrected chi connectivity index (χ3v) is 2.93. The molecule has 0 atom stereocenters. The van der Waals surface area contributed by atoms with Crippen molar-refractivity contribution >= 4 is 10.1 Å². The van der Waals surface area contributed by atoms with Crippen LogP contribution < -0.4 is 4.68 Å². The Morgan fingerprint density at radius 2 is 1.95 bits per heavy atom. The second-order valence-electron chi connectivity index (χ2n) is 3.69. The van der Waals surface area contributed by atoms with E-state index >= 15 is 0 Å². The van der Waals surface area contributed by atoms with E-state index < -0.39 is 21.7 Å². The van der Waals surface area contributed by atoms with Crippen molar-refractivity contribution in [2.24, 2.45) is 0 Å². The minimum absolute atomic E-state index is 0.0311. The molecular weight excluding hydrogens is 275 g/mol. The predicted octanol–water partition coefficient (Wildman–Crippen LogP) is -0.147. The van der Waals surface area contributed by atoms with Crippen molar-refractivity contribution in [2.75, 3.05) is 5.75 Å². The Labute approximate surface area is 108 Å². The molecule has 0 aliphatic rings. The zero-order valence-electron chi connectivity index (χ0n) is 9.64. The monoisotopic (exact) mass is 285 g/mol. The molecule has 0 unspecified atom stereocenters. The highest BCUT2D eigenvalue weighted by Crippen LogP contribution is 2.10. The van der Waals surface area contributed by atoms with Crippen LogP contribution >= 0.6 is 0 Å². The zero-order chi connectivity index (χ0) is 13.9. The van der Waals surface area contributed by atoms with Gasteiger partial charge in [-0.2, -0.15) is 8.42 Å². The number of halogens is 1. The Morgan fingerprint density at radius 1 is 1.26 bits per heavy atom. The summed E-state index contributed by atoms with van der Waals surface area (Å²) in [7, 11) is -4.02. The average molecular weight is 285 g/mol. The topological polar surface area (TPSA) is 96.9 Å². The first-order chi connectivity index (χ1) is 8.94. The second-order valence-corrected chi connectivity index (χ2v) is 5.26. The van der Waals surface area contributed by atoms with Crippen molar-refractivity contribution < 1.29 is 22.0 Å². The maximum Gasteiger partial charge on any atom is 0.271 e. The van der Waals surface area contributed by atoms with E-state index in [-0.39, 0.29) is 6.54 Å². The van der Waals surface area contributed by atoms with Gasteiger partial charge in [0.15, 0.2) is 24.4 Å². The minimum Gasteiger partial charge on any atom is -0.285 e. The number of aromatic nitrogens is 4. The van der Waals surface area contributed by atoms with Gasteiger partial charge in [0.1, 0.15) is 11.9 Å². The summed E-state index contributed by atoms with van der Waals surface area (Å²) in [5, 5.41) is 3.95. The lowest BCUT2D eigenvalue weighted by Gasteiger charge is -1.97. The fourth-order valence-corrected chi connectivity index (χ4v) is 1.74. The van der Waals surface area contributed by atoms with E-state index in [0.29, 0.717) is 11.4 Å². The van der Waals surface area contributed by atoms with Gasteiger partial charge in [-0.15, -0.1) is 0 Å².